The van der Waals surface area contributed by atoms with Crippen LogP contribution in [0.3, 0.4) is 0 Å². The van der Waals surface area contributed by atoms with Gasteiger partial charge in [-0.3, -0.25) is 0 Å². The van der Waals surface area contributed by atoms with Gasteiger partial charge in [-0.2, -0.15) is 0 Å². The average Bonchev–Trinajstić information content (AvgIpc) is 2.37. The first-order chi connectivity index (χ1) is 8.81. The van der Waals surface area contributed by atoms with Gasteiger partial charge in [-0.15, -0.1) is 0 Å². The van der Waals surface area contributed by atoms with Crippen LogP contribution < -0.4 is 10.0 Å². The number of nitrogens with zero attached hydrogens (tertiary/aromatic N) is 1. The largest absolute Gasteiger partial charge is 0.372 e. The summed E-state index contributed by atoms with van der Waals surface area (Å²) in [7, 11) is -1.91. The van der Waals surface area contributed by atoms with Crippen molar-refractivity contribution in [1.29, 1.82) is 0 Å². The van der Waals surface area contributed by atoms with E-state index in [0.717, 1.165) is 6.42 Å². The Morgan fingerprint density at radius 3 is 2.53 bits per heavy atom. The molecule has 0 bridgehead atoms. The molecule has 0 amide bonds. The van der Waals surface area contributed by atoms with Crippen molar-refractivity contribution in [1.82, 2.24) is 9.71 Å². The van der Waals surface area contributed by atoms with Crippen molar-refractivity contribution in [2.75, 3.05) is 12.4 Å². The zero-order valence-electron chi connectivity index (χ0n) is 11.6. The first kappa shape index (κ1) is 16.2. The third kappa shape index (κ3) is 4.06. The van der Waals surface area contributed by atoms with Gasteiger partial charge in [0.25, 0.3) is 0 Å². The van der Waals surface area contributed by atoms with Gasteiger partial charge in [-0.25, -0.2) is 18.1 Å². The summed E-state index contributed by atoms with van der Waals surface area (Å²) >= 11 is 5.94. The van der Waals surface area contributed by atoms with Crippen LogP contribution in [-0.2, 0) is 10.0 Å². The molecule has 0 aliphatic carbocycles. The smallest absolute Gasteiger partial charge is 0.242 e. The second-order valence-corrected chi connectivity index (χ2v) is 6.67. The van der Waals surface area contributed by atoms with E-state index >= 15 is 0 Å². The molecule has 0 aliphatic rings. The van der Waals surface area contributed by atoms with Crippen LogP contribution in [0.4, 0.5) is 5.82 Å². The van der Waals surface area contributed by atoms with Crippen molar-refractivity contribution in [2.45, 2.75) is 38.1 Å². The Hall–Kier alpha value is -0.850. The summed E-state index contributed by atoms with van der Waals surface area (Å²) in [5, 5.41) is 3.06. The first-order valence-electron chi connectivity index (χ1n) is 6.17. The van der Waals surface area contributed by atoms with Crippen LogP contribution in [0.5, 0.6) is 0 Å². The van der Waals surface area contributed by atoms with Crippen molar-refractivity contribution >= 4 is 27.4 Å². The third-order valence-electron chi connectivity index (χ3n) is 3.20. The highest BCUT2D eigenvalue weighted by molar-refractivity contribution is 7.89. The molecule has 2 N–H and O–H groups in total. The molecule has 0 fully saturated rings. The molecule has 2 unspecified atom stereocenters. The van der Waals surface area contributed by atoms with Crippen molar-refractivity contribution in [3.63, 3.8) is 0 Å². The highest BCUT2D eigenvalue weighted by Gasteiger charge is 2.21. The molecule has 0 radical (unpaired) electrons. The zero-order valence-corrected chi connectivity index (χ0v) is 13.1. The molecule has 1 aromatic rings. The van der Waals surface area contributed by atoms with Crippen LogP contribution in [-0.4, -0.2) is 26.5 Å². The van der Waals surface area contributed by atoms with Crippen LogP contribution in [0.2, 0.25) is 5.02 Å². The van der Waals surface area contributed by atoms with Gasteiger partial charge in [0.1, 0.15) is 10.7 Å². The molecule has 7 heteroatoms. The van der Waals surface area contributed by atoms with Gasteiger partial charge < -0.3 is 5.32 Å². The average molecular weight is 306 g/mol. The molecule has 5 nitrogen and oxygen atoms in total. The SMILES string of the molecule is CCC(C)C(C)NS(=O)(=O)c1cnc(NC)c(Cl)c1. The maximum absolute atomic E-state index is 12.2. The molecule has 1 aromatic heterocycles. The van der Waals surface area contributed by atoms with E-state index in [2.05, 4.69) is 15.0 Å². The number of halogens is 1. The van der Waals surface area contributed by atoms with E-state index in [9.17, 15) is 8.42 Å². The molecule has 1 heterocycles. The normalized spacial score (nSPS) is 15.0. The van der Waals surface area contributed by atoms with Crippen LogP contribution >= 0.6 is 11.6 Å². The molecular weight excluding hydrogens is 286 g/mol. The number of hydrogen-bond donors (Lipinski definition) is 2. The lowest BCUT2D eigenvalue weighted by Crippen LogP contribution is -2.36. The van der Waals surface area contributed by atoms with Gasteiger partial charge in [-0.05, 0) is 18.9 Å². The topological polar surface area (TPSA) is 71.1 Å². The number of hydrogen-bond acceptors (Lipinski definition) is 4. The van der Waals surface area contributed by atoms with Crippen LogP contribution in [0.1, 0.15) is 27.2 Å². The number of sulfonamides is 1. The van der Waals surface area contributed by atoms with E-state index in [1.165, 1.54) is 12.3 Å². The van der Waals surface area contributed by atoms with E-state index in [1.54, 1.807) is 7.05 Å². The Labute approximate surface area is 119 Å². The van der Waals surface area contributed by atoms with Gasteiger partial charge in [0.05, 0.1) is 5.02 Å². The van der Waals surface area contributed by atoms with E-state index in [1.807, 2.05) is 20.8 Å². The lowest BCUT2D eigenvalue weighted by atomic mass is 10.0. The maximum Gasteiger partial charge on any atom is 0.242 e. The molecule has 108 valence electrons. The Balaban J connectivity index is 2.98. The monoisotopic (exact) mass is 305 g/mol. The summed E-state index contributed by atoms with van der Waals surface area (Å²) in [5.41, 5.74) is 0. The van der Waals surface area contributed by atoms with Gasteiger partial charge in [-0.1, -0.05) is 31.9 Å². The van der Waals surface area contributed by atoms with Crippen molar-refractivity contribution in [3.8, 4) is 0 Å². The third-order valence-corrected chi connectivity index (χ3v) is 5.02. The summed E-state index contributed by atoms with van der Waals surface area (Å²) < 4.78 is 27.0. The number of pyridine rings is 1. The van der Waals surface area contributed by atoms with Gasteiger partial charge in [0.15, 0.2) is 0 Å². The summed E-state index contributed by atoms with van der Waals surface area (Å²) in [6.45, 7) is 5.88. The van der Waals surface area contributed by atoms with Crippen LogP contribution in [0, 0.1) is 5.92 Å². The standard InChI is InChI=1S/C12H20ClN3O2S/c1-5-8(2)9(3)16-19(17,18)10-6-11(13)12(14-4)15-7-10/h6-9,16H,5H2,1-4H3,(H,14,15). The number of rotatable bonds is 6. The fourth-order valence-electron chi connectivity index (χ4n) is 1.53. The van der Waals surface area contributed by atoms with Gasteiger partial charge in [0.2, 0.25) is 10.0 Å². The molecule has 0 saturated heterocycles. The van der Waals surface area contributed by atoms with Gasteiger partial charge in [0, 0.05) is 19.3 Å². The number of aromatic nitrogens is 1. The van der Waals surface area contributed by atoms with E-state index in [0.29, 0.717) is 5.82 Å². The number of nitrogens with one attached hydrogen (secondary N) is 2. The highest BCUT2D eigenvalue weighted by Crippen LogP contribution is 2.22. The summed E-state index contributed by atoms with van der Waals surface area (Å²) in [6, 6.07) is 1.25. The second kappa shape index (κ2) is 6.54. The minimum absolute atomic E-state index is 0.0756. The van der Waals surface area contributed by atoms with Crippen LogP contribution in [0.15, 0.2) is 17.2 Å². The molecule has 0 aromatic carbocycles. The quantitative estimate of drug-likeness (QED) is 0.847. The molecule has 0 aliphatic heterocycles. The predicted molar refractivity (Wildman–Crippen MR) is 78.0 cm³/mol. The Kier molecular flexibility index (Phi) is 5.58. The van der Waals surface area contributed by atoms with Crippen molar-refractivity contribution < 1.29 is 8.42 Å². The lowest BCUT2D eigenvalue weighted by Gasteiger charge is -2.19. The predicted octanol–water partition coefficient (Wildman–Crippen LogP) is 2.49. The maximum atomic E-state index is 12.2. The van der Waals surface area contributed by atoms with Crippen LogP contribution in [0.25, 0.3) is 0 Å². The molecular formula is C12H20ClN3O2S. The van der Waals surface area contributed by atoms with Gasteiger partial charge >= 0.3 is 0 Å². The minimum Gasteiger partial charge on any atom is -0.372 e. The molecule has 0 saturated carbocycles. The van der Waals surface area contributed by atoms with E-state index in [4.69, 9.17) is 11.6 Å². The van der Waals surface area contributed by atoms with Crippen molar-refractivity contribution in [2.24, 2.45) is 5.92 Å². The Morgan fingerprint density at radius 2 is 2.05 bits per heavy atom. The second-order valence-electron chi connectivity index (χ2n) is 4.55. The molecule has 1 rings (SSSR count). The summed E-state index contributed by atoms with van der Waals surface area (Å²) in [4.78, 5) is 4.05. The van der Waals surface area contributed by atoms with E-state index < -0.39 is 10.0 Å². The Morgan fingerprint density at radius 1 is 1.42 bits per heavy atom. The Bertz CT molecular complexity index is 534. The molecule has 2 atom stereocenters. The fourth-order valence-corrected chi connectivity index (χ4v) is 3.18. The summed E-state index contributed by atoms with van der Waals surface area (Å²) in [6.07, 6.45) is 2.20. The fraction of sp³-hybridized carbons (Fsp3) is 0.583. The summed E-state index contributed by atoms with van der Waals surface area (Å²) in [5.74, 6) is 0.713. The number of anilines is 1. The molecule has 19 heavy (non-hydrogen) atoms. The van der Waals surface area contributed by atoms with Crippen molar-refractivity contribution in [3.05, 3.63) is 17.3 Å². The lowest BCUT2D eigenvalue weighted by molar-refractivity contribution is 0.434. The minimum atomic E-state index is -3.59. The highest BCUT2D eigenvalue weighted by atomic mass is 35.5. The zero-order chi connectivity index (χ0) is 14.6. The molecule has 0 spiro atoms. The first-order valence-corrected chi connectivity index (χ1v) is 8.03. The van der Waals surface area contributed by atoms with E-state index in [-0.39, 0.29) is 21.9 Å².